The van der Waals surface area contributed by atoms with E-state index in [0.29, 0.717) is 0 Å². The molecule has 0 atom stereocenters. The average Bonchev–Trinajstić information content (AvgIpc) is 2.33. The summed E-state index contributed by atoms with van der Waals surface area (Å²) in [6, 6.07) is 0. The van der Waals surface area contributed by atoms with Crippen molar-refractivity contribution < 1.29 is 0 Å². The second-order valence-electron chi connectivity index (χ2n) is 1.53. The third-order valence-electron chi connectivity index (χ3n) is 0.837. The van der Waals surface area contributed by atoms with Crippen LogP contribution in [0.4, 0.5) is 0 Å². The minimum atomic E-state index is 1.03. The molecular formula is C5H6S7. The Labute approximate surface area is 101 Å². The molecule has 0 fully saturated rings. The molecule has 68 valence electrons. The molecular weight excluding hydrogens is 285 g/mol. The van der Waals surface area contributed by atoms with E-state index >= 15 is 0 Å². The summed E-state index contributed by atoms with van der Waals surface area (Å²) < 4.78 is 3.75. The van der Waals surface area contributed by atoms with E-state index in [1.54, 1.807) is 44.3 Å². The summed E-state index contributed by atoms with van der Waals surface area (Å²) in [5.74, 6) is 0. The SMILES string of the molecule is CSSc1sc(=S)sc1SSC. The Morgan fingerprint density at radius 2 is 1.42 bits per heavy atom. The molecule has 0 aliphatic carbocycles. The lowest BCUT2D eigenvalue weighted by molar-refractivity contribution is 1.56. The van der Waals surface area contributed by atoms with Crippen LogP contribution in [-0.2, 0) is 0 Å². The van der Waals surface area contributed by atoms with Gasteiger partial charge in [-0.2, -0.15) is 0 Å². The first-order valence-corrected chi connectivity index (χ1v) is 9.99. The predicted octanol–water partition coefficient (Wildman–Crippen LogP) is 5.28. The van der Waals surface area contributed by atoms with Crippen LogP contribution in [-0.4, -0.2) is 12.5 Å². The van der Waals surface area contributed by atoms with Gasteiger partial charge in [0.2, 0.25) is 0 Å². The van der Waals surface area contributed by atoms with E-state index in [2.05, 4.69) is 12.5 Å². The van der Waals surface area contributed by atoms with Crippen molar-refractivity contribution in [3.63, 3.8) is 0 Å². The minimum Gasteiger partial charge on any atom is -0.104 e. The normalized spacial score (nSPS) is 10.5. The summed E-state index contributed by atoms with van der Waals surface area (Å²) in [5, 5.41) is 0. The van der Waals surface area contributed by atoms with Crippen molar-refractivity contribution in [3.05, 3.63) is 3.14 Å². The standard InChI is InChI=1S/C5H6S7/c1-7-11-3-4(12-8-2)10-5(6)9-3/h1-2H3. The zero-order valence-corrected chi connectivity index (χ0v) is 12.1. The van der Waals surface area contributed by atoms with Crippen LogP contribution in [0, 0.1) is 3.14 Å². The third-order valence-corrected chi connectivity index (χ3v) is 8.14. The highest BCUT2D eigenvalue weighted by Crippen LogP contribution is 2.47. The highest BCUT2D eigenvalue weighted by atomic mass is 33.1. The minimum absolute atomic E-state index is 1.03. The zero-order chi connectivity index (χ0) is 8.97. The molecule has 0 unspecified atom stereocenters. The van der Waals surface area contributed by atoms with Crippen molar-refractivity contribution in [2.24, 2.45) is 0 Å². The number of rotatable bonds is 4. The first kappa shape index (κ1) is 11.7. The van der Waals surface area contributed by atoms with E-state index in [-0.39, 0.29) is 0 Å². The van der Waals surface area contributed by atoms with Gasteiger partial charge in [-0.1, -0.05) is 33.8 Å². The monoisotopic (exact) mass is 290 g/mol. The molecule has 0 aliphatic rings. The molecule has 1 aromatic heterocycles. The molecule has 1 heterocycles. The highest BCUT2D eigenvalue weighted by Gasteiger charge is 2.07. The van der Waals surface area contributed by atoms with Gasteiger partial charge in [0.15, 0.2) is 0 Å². The van der Waals surface area contributed by atoms with Gasteiger partial charge < -0.3 is 0 Å². The van der Waals surface area contributed by atoms with E-state index in [0.717, 1.165) is 3.14 Å². The van der Waals surface area contributed by atoms with Gasteiger partial charge in [0, 0.05) is 0 Å². The molecule has 0 aliphatic heterocycles. The summed E-state index contributed by atoms with van der Waals surface area (Å²) in [7, 11) is 7.16. The molecule has 12 heavy (non-hydrogen) atoms. The second-order valence-corrected chi connectivity index (χ2v) is 10.1. The van der Waals surface area contributed by atoms with Gasteiger partial charge in [-0.05, 0) is 34.1 Å². The molecule has 0 saturated heterocycles. The summed E-state index contributed by atoms with van der Waals surface area (Å²) >= 11 is 8.58. The Hall–Kier alpha value is 1.67. The van der Waals surface area contributed by atoms with Crippen molar-refractivity contribution in [2.45, 2.75) is 8.42 Å². The van der Waals surface area contributed by atoms with Gasteiger partial charge in [0.1, 0.15) is 3.14 Å². The average molecular weight is 291 g/mol. The molecule has 0 aromatic carbocycles. The maximum atomic E-state index is 5.14. The lowest BCUT2D eigenvalue weighted by Crippen LogP contribution is -1.57. The topological polar surface area (TPSA) is 0 Å². The first-order valence-electron chi connectivity index (χ1n) is 2.83. The molecule has 0 nitrogen and oxygen atoms in total. The van der Waals surface area contributed by atoms with Crippen LogP contribution in [0.2, 0.25) is 0 Å². The van der Waals surface area contributed by atoms with Gasteiger partial charge in [-0.3, -0.25) is 0 Å². The molecule has 0 bridgehead atoms. The maximum Gasteiger partial charge on any atom is 0.145 e. The fourth-order valence-electron chi connectivity index (χ4n) is 0.509. The second kappa shape index (κ2) is 6.21. The molecule has 0 spiro atoms. The van der Waals surface area contributed by atoms with Gasteiger partial charge in [-0.25, -0.2) is 0 Å². The Morgan fingerprint density at radius 1 is 1.00 bits per heavy atom. The van der Waals surface area contributed by atoms with Gasteiger partial charge >= 0.3 is 0 Å². The van der Waals surface area contributed by atoms with Crippen LogP contribution >= 0.6 is 78.1 Å². The summed E-state index contributed by atoms with van der Waals surface area (Å²) in [4.78, 5) is 0. The Bertz CT molecular complexity index is 258. The van der Waals surface area contributed by atoms with Crippen molar-refractivity contribution in [1.82, 2.24) is 0 Å². The lowest BCUT2D eigenvalue weighted by atomic mass is 11.1. The van der Waals surface area contributed by atoms with E-state index in [4.69, 9.17) is 12.2 Å². The fraction of sp³-hybridized carbons (Fsp3) is 0.400. The third kappa shape index (κ3) is 3.43. The Kier molecular flexibility index (Phi) is 6.08. The maximum absolute atomic E-state index is 5.14. The molecule has 7 heteroatoms. The molecule has 1 aromatic rings. The summed E-state index contributed by atoms with van der Waals surface area (Å²) in [6.07, 6.45) is 4.18. The Morgan fingerprint density at radius 3 is 1.75 bits per heavy atom. The van der Waals surface area contributed by atoms with Crippen LogP contribution in [0.1, 0.15) is 0 Å². The van der Waals surface area contributed by atoms with Crippen molar-refractivity contribution >= 4 is 78.1 Å². The Balaban J connectivity index is 2.84. The quantitative estimate of drug-likeness (QED) is 0.545. The van der Waals surface area contributed by atoms with E-state index in [9.17, 15) is 0 Å². The van der Waals surface area contributed by atoms with Crippen molar-refractivity contribution in [1.29, 1.82) is 0 Å². The van der Waals surface area contributed by atoms with Crippen LogP contribution < -0.4 is 0 Å². The smallest absolute Gasteiger partial charge is 0.104 e. The predicted molar refractivity (Wildman–Crippen MR) is 71.8 cm³/mol. The fourth-order valence-corrected chi connectivity index (χ4v) is 8.87. The molecule has 0 amide bonds. The van der Waals surface area contributed by atoms with Crippen LogP contribution in [0.15, 0.2) is 8.42 Å². The van der Waals surface area contributed by atoms with E-state index in [1.807, 2.05) is 21.6 Å². The van der Waals surface area contributed by atoms with Crippen molar-refractivity contribution in [2.75, 3.05) is 12.5 Å². The first-order chi connectivity index (χ1) is 5.77. The molecule has 0 saturated carbocycles. The number of hydrogen-bond acceptors (Lipinski definition) is 7. The summed E-state index contributed by atoms with van der Waals surface area (Å²) in [5.41, 5.74) is 0. The molecule has 0 radical (unpaired) electrons. The largest absolute Gasteiger partial charge is 0.145 e. The van der Waals surface area contributed by atoms with E-state index < -0.39 is 0 Å². The summed E-state index contributed by atoms with van der Waals surface area (Å²) in [6.45, 7) is 0. The lowest BCUT2D eigenvalue weighted by Gasteiger charge is -1.95. The van der Waals surface area contributed by atoms with Crippen LogP contribution in [0.25, 0.3) is 0 Å². The highest BCUT2D eigenvalue weighted by molar-refractivity contribution is 8.78. The van der Waals surface area contributed by atoms with Gasteiger partial charge in [0.05, 0.1) is 8.42 Å². The van der Waals surface area contributed by atoms with Gasteiger partial charge in [0.25, 0.3) is 0 Å². The van der Waals surface area contributed by atoms with Crippen molar-refractivity contribution in [3.8, 4) is 0 Å². The number of hydrogen-bond donors (Lipinski definition) is 0. The molecule has 0 N–H and O–H groups in total. The van der Waals surface area contributed by atoms with Crippen LogP contribution in [0.3, 0.4) is 0 Å². The van der Waals surface area contributed by atoms with E-state index in [1.165, 1.54) is 8.42 Å². The van der Waals surface area contributed by atoms with Crippen LogP contribution in [0.5, 0.6) is 0 Å². The molecule has 1 rings (SSSR count). The van der Waals surface area contributed by atoms with Gasteiger partial charge in [-0.15, -0.1) is 22.7 Å². The zero-order valence-electron chi connectivity index (χ0n) is 6.36.